The fourth-order valence-electron chi connectivity index (χ4n) is 1.94. The number of thioether (sulfide) groups is 1. The zero-order chi connectivity index (χ0) is 13.3. The van der Waals surface area contributed by atoms with Gasteiger partial charge in [-0.2, -0.15) is 0 Å². The van der Waals surface area contributed by atoms with E-state index in [-0.39, 0.29) is 0 Å². The molecule has 18 heavy (non-hydrogen) atoms. The van der Waals surface area contributed by atoms with Gasteiger partial charge in [-0.05, 0) is 31.9 Å². The third-order valence-electron chi connectivity index (χ3n) is 2.84. The highest BCUT2D eigenvalue weighted by molar-refractivity contribution is 8.14. The van der Waals surface area contributed by atoms with Crippen molar-refractivity contribution in [2.45, 2.75) is 38.5 Å². The lowest BCUT2D eigenvalue weighted by Gasteiger charge is -2.23. The molecule has 0 saturated carbocycles. The molecule has 0 saturated heterocycles. The highest BCUT2D eigenvalue weighted by Crippen LogP contribution is 2.35. The van der Waals surface area contributed by atoms with Crippen molar-refractivity contribution < 1.29 is 0 Å². The van der Waals surface area contributed by atoms with Crippen LogP contribution in [-0.2, 0) is 0 Å². The van der Waals surface area contributed by atoms with Gasteiger partial charge in [0.05, 0.1) is 21.8 Å². The molecule has 1 N–H and O–H groups in total. The summed E-state index contributed by atoms with van der Waals surface area (Å²) in [5.74, 6) is 0. The topological polar surface area (TPSA) is 24.4 Å². The predicted molar refractivity (Wildman–Crippen MR) is 83.4 cm³/mol. The van der Waals surface area contributed by atoms with Crippen LogP contribution in [-0.4, -0.2) is 16.5 Å². The lowest BCUT2D eigenvalue weighted by molar-refractivity contribution is 0.661. The van der Waals surface area contributed by atoms with E-state index < -0.39 is 0 Å². The molecule has 1 heterocycles. The van der Waals surface area contributed by atoms with E-state index in [2.05, 4.69) is 24.2 Å². The Bertz CT molecular complexity index is 488. The average molecular weight is 303 g/mol. The van der Waals surface area contributed by atoms with Crippen LogP contribution >= 0.6 is 35.0 Å². The molecule has 1 aliphatic rings. The lowest BCUT2D eigenvalue weighted by Crippen LogP contribution is -2.23. The van der Waals surface area contributed by atoms with Crippen LogP contribution in [0.3, 0.4) is 0 Å². The van der Waals surface area contributed by atoms with Gasteiger partial charge in [-0.15, -0.1) is 0 Å². The third kappa shape index (κ3) is 3.14. The van der Waals surface area contributed by atoms with Crippen molar-refractivity contribution in [1.82, 2.24) is 0 Å². The summed E-state index contributed by atoms with van der Waals surface area (Å²) < 4.78 is 0. The maximum Gasteiger partial charge on any atom is 0.161 e. The van der Waals surface area contributed by atoms with Crippen LogP contribution in [0.1, 0.15) is 25.8 Å². The second kappa shape index (κ2) is 5.72. The summed E-state index contributed by atoms with van der Waals surface area (Å²) >= 11 is 14.2. The number of hydrogen-bond donors (Lipinski definition) is 1. The number of hydrogen-bond acceptors (Lipinski definition) is 3. The number of amidine groups is 1. The number of aryl methyl sites for hydroxylation is 1. The number of anilines is 1. The van der Waals surface area contributed by atoms with Crippen LogP contribution in [0, 0.1) is 6.92 Å². The van der Waals surface area contributed by atoms with Gasteiger partial charge < -0.3 is 5.32 Å². The molecule has 0 radical (unpaired) electrons. The van der Waals surface area contributed by atoms with Gasteiger partial charge in [0, 0.05) is 5.25 Å². The molecule has 1 aliphatic heterocycles. The first-order chi connectivity index (χ1) is 8.47. The minimum absolute atomic E-state index is 0.339. The zero-order valence-corrected chi connectivity index (χ0v) is 13.0. The predicted octanol–water partition coefficient (Wildman–Crippen LogP) is 4.98. The largest absolute Gasteiger partial charge is 0.333 e. The van der Waals surface area contributed by atoms with Crippen molar-refractivity contribution in [1.29, 1.82) is 0 Å². The molecule has 0 amide bonds. The van der Waals surface area contributed by atoms with E-state index in [1.54, 1.807) is 11.8 Å². The minimum atomic E-state index is 0.339. The van der Waals surface area contributed by atoms with Gasteiger partial charge in [-0.1, -0.05) is 48.0 Å². The van der Waals surface area contributed by atoms with E-state index in [0.29, 0.717) is 21.3 Å². The first-order valence-corrected chi connectivity index (χ1v) is 7.57. The minimum Gasteiger partial charge on any atom is -0.333 e. The number of nitrogens with zero attached hydrogens (tertiary/aromatic N) is 1. The Morgan fingerprint density at radius 1 is 1.33 bits per heavy atom. The van der Waals surface area contributed by atoms with Crippen molar-refractivity contribution in [2.24, 2.45) is 4.99 Å². The van der Waals surface area contributed by atoms with Crippen LogP contribution < -0.4 is 5.32 Å². The summed E-state index contributed by atoms with van der Waals surface area (Å²) in [6.07, 6.45) is 1.10. The molecule has 0 bridgehead atoms. The molecular weight excluding hydrogens is 287 g/mol. The van der Waals surface area contributed by atoms with Gasteiger partial charge in [0.25, 0.3) is 0 Å². The number of halogens is 2. The SMILES string of the molecule is Cc1ccc(Cl)c(NC2=NC(C)CC(C)S2)c1Cl. The van der Waals surface area contributed by atoms with Gasteiger partial charge in [0.1, 0.15) is 0 Å². The fourth-order valence-corrected chi connectivity index (χ4v) is 3.57. The molecular formula is C13H16Cl2N2S. The van der Waals surface area contributed by atoms with E-state index in [0.717, 1.165) is 22.8 Å². The number of rotatable bonds is 1. The van der Waals surface area contributed by atoms with Gasteiger partial charge in [-0.25, -0.2) is 0 Å². The molecule has 2 nitrogen and oxygen atoms in total. The molecule has 1 aromatic carbocycles. The van der Waals surface area contributed by atoms with Crippen LogP contribution in [0.5, 0.6) is 0 Å². The molecule has 0 spiro atoms. The van der Waals surface area contributed by atoms with Gasteiger partial charge in [-0.3, -0.25) is 4.99 Å². The molecule has 98 valence electrons. The second-order valence-electron chi connectivity index (χ2n) is 4.63. The normalized spacial score (nSPS) is 23.7. The maximum absolute atomic E-state index is 6.28. The quantitative estimate of drug-likeness (QED) is 0.791. The standard InChI is InChI=1S/C13H16Cl2N2S/c1-7-4-5-10(14)12(11(7)15)17-13-16-8(2)6-9(3)18-13/h4-5,8-9H,6H2,1-3H3,(H,16,17). The second-order valence-corrected chi connectivity index (χ2v) is 6.84. The Morgan fingerprint density at radius 3 is 2.72 bits per heavy atom. The first kappa shape index (κ1) is 14.0. The Kier molecular flexibility index (Phi) is 4.46. The van der Waals surface area contributed by atoms with Crippen LogP contribution in [0.25, 0.3) is 0 Å². The van der Waals surface area contributed by atoms with Crippen LogP contribution in [0.2, 0.25) is 10.0 Å². The highest BCUT2D eigenvalue weighted by atomic mass is 35.5. The molecule has 2 rings (SSSR count). The van der Waals surface area contributed by atoms with Crippen molar-refractivity contribution >= 4 is 45.8 Å². The number of aliphatic imine (C=N–C) groups is 1. The summed E-state index contributed by atoms with van der Waals surface area (Å²) in [4.78, 5) is 4.59. The molecule has 2 unspecified atom stereocenters. The van der Waals surface area contributed by atoms with Crippen LogP contribution in [0.15, 0.2) is 17.1 Å². The highest BCUT2D eigenvalue weighted by Gasteiger charge is 2.20. The van der Waals surface area contributed by atoms with E-state index in [4.69, 9.17) is 23.2 Å². The maximum atomic E-state index is 6.28. The summed E-state index contributed by atoms with van der Waals surface area (Å²) in [6.45, 7) is 6.29. The summed E-state index contributed by atoms with van der Waals surface area (Å²) in [6, 6.07) is 4.11. The Morgan fingerprint density at radius 2 is 2.06 bits per heavy atom. The van der Waals surface area contributed by atoms with Gasteiger partial charge in [0.15, 0.2) is 5.17 Å². The molecule has 0 fully saturated rings. The smallest absolute Gasteiger partial charge is 0.161 e. The number of benzene rings is 1. The molecule has 0 aromatic heterocycles. The van der Waals surface area contributed by atoms with Crippen molar-refractivity contribution in [3.63, 3.8) is 0 Å². The first-order valence-electron chi connectivity index (χ1n) is 5.93. The monoisotopic (exact) mass is 302 g/mol. The van der Waals surface area contributed by atoms with Crippen molar-refractivity contribution in [2.75, 3.05) is 5.32 Å². The van der Waals surface area contributed by atoms with E-state index in [9.17, 15) is 0 Å². The Balaban J connectivity index is 2.27. The van der Waals surface area contributed by atoms with E-state index >= 15 is 0 Å². The molecule has 0 aliphatic carbocycles. The Hall–Kier alpha value is -0.380. The molecule has 2 atom stereocenters. The number of nitrogens with one attached hydrogen (secondary N) is 1. The third-order valence-corrected chi connectivity index (χ3v) is 4.67. The van der Waals surface area contributed by atoms with E-state index in [1.165, 1.54) is 0 Å². The average Bonchev–Trinajstić information content (AvgIpc) is 2.28. The molecule has 5 heteroatoms. The van der Waals surface area contributed by atoms with Crippen molar-refractivity contribution in [3.05, 3.63) is 27.7 Å². The molecule has 1 aromatic rings. The summed E-state index contributed by atoms with van der Waals surface area (Å²) in [5, 5.41) is 6.01. The summed E-state index contributed by atoms with van der Waals surface area (Å²) in [7, 11) is 0. The zero-order valence-electron chi connectivity index (χ0n) is 10.6. The van der Waals surface area contributed by atoms with Gasteiger partial charge >= 0.3 is 0 Å². The Labute approximate surface area is 122 Å². The van der Waals surface area contributed by atoms with Crippen molar-refractivity contribution in [3.8, 4) is 0 Å². The lowest BCUT2D eigenvalue weighted by atomic mass is 10.2. The van der Waals surface area contributed by atoms with Gasteiger partial charge in [0.2, 0.25) is 0 Å². The van der Waals surface area contributed by atoms with Crippen LogP contribution in [0.4, 0.5) is 5.69 Å². The fraction of sp³-hybridized carbons (Fsp3) is 0.462. The van der Waals surface area contributed by atoms with E-state index in [1.807, 2.05) is 19.1 Å². The summed E-state index contributed by atoms with van der Waals surface area (Å²) in [5.41, 5.74) is 1.76.